The van der Waals surface area contributed by atoms with Crippen LogP contribution in [-0.2, 0) is 4.79 Å². The van der Waals surface area contributed by atoms with Crippen molar-refractivity contribution < 1.29 is 14.3 Å². The maximum absolute atomic E-state index is 12.2. The largest absolute Gasteiger partial charge is 0.491 e. The van der Waals surface area contributed by atoms with Gasteiger partial charge in [-0.1, -0.05) is 0 Å². The first kappa shape index (κ1) is 19.6. The summed E-state index contributed by atoms with van der Waals surface area (Å²) in [6, 6.07) is 1.86. The van der Waals surface area contributed by atoms with Gasteiger partial charge in [0.15, 0.2) is 11.5 Å². The first-order valence-corrected chi connectivity index (χ1v) is 8.94. The van der Waals surface area contributed by atoms with Crippen LogP contribution in [0.15, 0.2) is 18.3 Å². The average Bonchev–Trinajstić information content (AvgIpc) is 3.13. The zero-order valence-corrected chi connectivity index (χ0v) is 15.6. The van der Waals surface area contributed by atoms with Crippen LogP contribution in [0.3, 0.4) is 0 Å². The first-order valence-electron chi connectivity index (χ1n) is 8.94. The number of aromatic nitrogens is 1. The fourth-order valence-corrected chi connectivity index (χ4v) is 3.34. The van der Waals surface area contributed by atoms with Gasteiger partial charge in [-0.05, 0) is 51.0 Å². The molecule has 25 heavy (non-hydrogen) atoms. The Morgan fingerprint density at radius 2 is 1.88 bits per heavy atom. The Hall–Kier alpha value is -1.75. The summed E-state index contributed by atoms with van der Waals surface area (Å²) in [4.78, 5) is 18.5. The van der Waals surface area contributed by atoms with Crippen molar-refractivity contribution in [2.45, 2.75) is 51.0 Å². The van der Waals surface area contributed by atoms with E-state index in [0.29, 0.717) is 17.2 Å². The molecular weight excluding hydrogens is 340 g/mol. The van der Waals surface area contributed by atoms with Gasteiger partial charge in [-0.3, -0.25) is 9.78 Å². The molecule has 1 aliphatic carbocycles. The topological polar surface area (TPSA) is 51.7 Å². The van der Waals surface area contributed by atoms with Crippen molar-refractivity contribution in [1.82, 2.24) is 9.88 Å². The summed E-state index contributed by atoms with van der Waals surface area (Å²) >= 11 is 0. The van der Waals surface area contributed by atoms with Gasteiger partial charge >= 0.3 is 0 Å². The fourth-order valence-electron chi connectivity index (χ4n) is 3.34. The number of amides is 1. The van der Waals surface area contributed by atoms with Gasteiger partial charge in [-0.2, -0.15) is 0 Å². The Bertz CT molecular complexity index is 594. The monoisotopic (exact) mass is 366 g/mol. The molecule has 0 radical (unpaired) electrons. The summed E-state index contributed by atoms with van der Waals surface area (Å²) in [5.41, 5.74) is 0.717. The summed E-state index contributed by atoms with van der Waals surface area (Å²) in [5.74, 6) is 1.41. The molecule has 0 atom stereocenters. The molecular formula is C19H27ClN2O3. The third-order valence-corrected chi connectivity index (χ3v) is 4.73. The van der Waals surface area contributed by atoms with E-state index in [2.05, 4.69) is 4.98 Å². The Balaban J connectivity index is 0.00000225. The van der Waals surface area contributed by atoms with Gasteiger partial charge < -0.3 is 14.4 Å². The van der Waals surface area contributed by atoms with Crippen molar-refractivity contribution in [2.75, 3.05) is 20.2 Å². The summed E-state index contributed by atoms with van der Waals surface area (Å²) in [5, 5.41) is 0. The van der Waals surface area contributed by atoms with E-state index in [0.717, 1.165) is 38.8 Å². The maximum atomic E-state index is 12.2. The molecule has 138 valence electrons. The highest BCUT2D eigenvalue weighted by atomic mass is 35.5. The smallest absolute Gasteiger partial charge is 0.246 e. The van der Waals surface area contributed by atoms with Crippen LogP contribution in [0.25, 0.3) is 6.08 Å². The lowest BCUT2D eigenvalue weighted by Crippen LogP contribution is -2.34. The highest BCUT2D eigenvalue weighted by Crippen LogP contribution is 2.31. The van der Waals surface area contributed by atoms with E-state index in [1.54, 1.807) is 25.5 Å². The molecule has 2 aliphatic rings. The number of rotatable bonds is 5. The molecule has 1 aromatic rings. The molecule has 1 aromatic heterocycles. The van der Waals surface area contributed by atoms with Gasteiger partial charge in [-0.15, -0.1) is 12.4 Å². The minimum atomic E-state index is 0. The third-order valence-electron chi connectivity index (χ3n) is 4.73. The summed E-state index contributed by atoms with van der Waals surface area (Å²) in [6.07, 6.45) is 13.3. The molecule has 1 saturated heterocycles. The van der Waals surface area contributed by atoms with Crippen LogP contribution in [0.1, 0.15) is 50.6 Å². The number of likely N-dealkylation sites (tertiary alicyclic amines) is 1. The van der Waals surface area contributed by atoms with Crippen molar-refractivity contribution in [2.24, 2.45) is 0 Å². The molecule has 3 rings (SSSR count). The second-order valence-electron chi connectivity index (χ2n) is 6.50. The van der Waals surface area contributed by atoms with Crippen LogP contribution < -0.4 is 9.47 Å². The van der Waals surface area contributed by atoms with Gasteiger partial charge in [0, 0.05) is 25.2 Å². The number of carbonyl (C=O) groups excluding carboxylic acids is 1. The summed E-state index contributed by atoms with van der Waals surface area (Å²) < 4.78 is 11.4. The Labute approximate surface area is 155 Å². The number of pyridine rings is 1. The van der Waals surface area contributed by atoms with E-state index < -0.39 is 0 Å². The van der Waals surface area contributed by atoms with Crippen LogP contribution in [0.2, 0.25) is 0 Å². The Kier molecular flexibility index (Phi) is 7.56. The van der Waals surface area contributed by atoms with Crippen LogP contribution >= 0.6 is 12.4 Å². The fraction of sp³-hybridized carbons (Fsp3) is 0.579. The number of methoxy groups -OCH3 is 1. The molecule has 0 unspecified atom stereocenters. The van der Waals surface area contributed by atoms with Crippen molar-refractivity contribution in [3.05, 3.63) is 24.0 Å². The lowest BCUT2D eigenvalue weighted by Gasteiger charge is -2.25. The standard InChI is InChI=1S/C19H26N2O3.ClH/c1-23-18-14-20-15(13-17(18)24-16-7-3-4-8-16)9-10-19(22)21-11-5-2-6-12-21;/h9-10,13-14,16H,2-8,11-12H2,1H3;1H. The SMILES string of the molecule is COc1cnc(C=CC(=O)N2CCCCC2)cc1OC1CCCC1.Cl. The number of hydrogen-bond acceptors (Lipinski definition) is 4. The van der Waals surface area contributed by atoms with E-state index in [-0.39, 0.29) is 24.4 Å². The quantitative estimate of drug-likeness (QED) is 0.742. The van der Waals surface area contributed by atoms with E-state index in [1.807, 2.05) is 11.0 Å². The van der Waals surface area contributed by atoms with Crippen molar-refractivity contribution in [1.29, 1.82) is 0 Å². The van der Waals surface area contributed by atoms with Gasteiger partial charge in [0.25, 0.3) is 0 Å². The number of halogens is 1. The number of ether oxygens (including phenoxy) is 2. The zero-order valence-electron chi connectivity index (χ0n) is 14.8. The van der Waals surface area contributed by atoms with Crippen LogP contribution in [-0.4, -0.2) is 42.1 Å². The molecule has 1 aliphatic heterocycles. The van der Waals surface area contributed by atoms with Gasteiger partial charge in [-0.25, -0.2) is 0 Å². The highest BCUT2D eigenvalue weighted by Gasteiger charge is 2.19. The minimum absolute atomic E-state index is 0. The maximum Gasteiger partial charge on any atom is 0.246 e. The molecule has 0 aromatic carbocycles. The normalized spacial score (nSPS) is 18.2. The molecule has 2 heterocycles. The van der Waals surface area contributed by atoms with Crippen molar-refractivity contribution >= 4 is 24.4 Å². The summed E-state index contributed by atoms with van der Waals surface area (Å²) in [7, 11) is 1.62. The first-order chi connectivity index (χ1) is 11.8. The van der Waals surface area contributed by atoms with E-state index in [1.165, 1.54) is 19.3 Å². The lowest BCUT2D eigenvalue weighted by molar-refractivity contribution is -0.126. The molecule has 0 bridgehead atoms. The molecule has 6 heteroatoms. The molecule has 0 spiro atoms. The van der Waals surface area contributed by atoms with E-state index in [9.17, 15) is 4.79 Å². The molecule has 5 nitrogen and oxygen atoms in total. The highest BCUT2D eigenvalue weighted by molar-refractivity contribution is 5.91. The number of nitrogens with zero attached hydrogens (tertiary/aromatic N) is 2. The predicted molar refractivity (Wildman–Crippen MR) is 100 cm³/mol. The van der Waals surface area contributed by atoms with Gasteiger partial charge in [0.05, 0.1) is 25.1 Å². The van der Waals surface area contributed by atoms with Crippen molar-refractivity contribution in [3.63, 3.8) is 0 Å². The minimum Gasteiger partial charge on any atom is -0.491 e. The van der Waals surface area contributed by atoms with E-state index >= 15 is 0 Å². The number of piperidine rings is 1. The number of hydrogen-bond donors (Lipinski definition) is 0. The average molecular weight is 367 g/mol. The second kappa shape index (κ2) is 9.66. The molecule has 0 N–H and O–H groups in total. The Morgan fingerprint density at radius 3 is 2.56 bits per heavy atom. The van der Waals surface area contributed by atoms with Crippen LogP contribution in [0.4, 0.5) is 0 Å². The molecule has 2 fully saturated rings. The molecule has 1 saturated carbocycles. The summed E-state index contributed by atoms with van der Waals surface area (Å²) in [6.45, 7) is 1.71. The lowest BCUT2D eigenvalue weighted by atomic mass is 10.1. The van der Waals surface area contributed by atoms with Gasteiger partial charge in [0.2, 0.25) is 5.91 Å². The molecule has 1 amide bonds. The zero-order chi connectivity index (χ0) is 16.8. The second-order valence-corrected chi connectivity index (χ2v) is 6.50. The predicted octanol–water partition coefficient (Wildman–Crippen LogP) is 3.86. The van der Waals surface area contributed by atoms with Crippen molar-refractivity contribution in [3.8, 4) is 11.5 Å². The number of carbonyl (C=O) groups is 1. The van der Waals surface area contributed by atoms with Gasteiger partial charge in [0.1, 0.15) is 0 Å². The Morgan fingerprint density at radius 1 is 1.16 bits per heavy atom. The third kappa shape index (κ3) is 5.36. The van der Waals surface area contributed by atoms with E-state index in [4.69, 9.17) is 9.47 Å². The van der Waals surface area contributed by atoms with Crippen LogP contribution in [0, 0.1) is 0 Å². The van der Waals surface area contributed by atoms with Crippen LogP contribution in [0.5, 0.6) is 11.5 Å².